The summed E-state index contributed by atoms with van der Waals surface area (Å²) in [5.41, 5.74) is 1.60. The quantitative estimate of drug-likeness (QED) is 0.323. The predicted molar refractivity (Wildman–Crippen MR) is 124 cm³/mol. The van der Waals surface area contributed by atoms with Gasteiger partial charge in [-0.15, -0.1) is 0 Å². The van der Waals surface area contributed by atoms with E-state index in [2.05, 4.69) is 82.3 Å². The van der Waals surface area contributed by atoms with E-state index in [0.29, 0.717) is 23.2 Å². The molecule has 0 unspecified atom stereocenters. The maximum absolute atomic E-state index is 10.2. The summed E-state index contributed by atoms with van der Waals surface area (Å²) >= 11 is 0. The molecule has 28 heavy (non-hydrogen) atoms. The second kappa shape index (κ2) is 9.60. The third kappa shape index (κ3) is 5.70. The van der Waals surface area contributed by atoms with Crippen LogP contribution in [0.15, 0.2) is 0 Å². The Morgan fingerprint density at radius 3 is 1.68 bits per heavy atom. The smallest absolute Gasteiger partial charge is 0.200 e. The van der Waals surface area contributed by atoms with Gasteiger partial charge >= 0.3 is 0 Å². The lowest BCUT2D eigenvalue weighted by Gasteiger charge is -2.45. The largest absolute Gasteiger partial charge is 0.413 e. The van der Waals surface area contributed by atoms with Crippen molar-refractivity contribution in [1.29, 1.82) is 0 Å². The van der Waals surface area contributed by atoms with E-state index in [-0.39, 0.29) is 35.9 Å². The van der Waals surface area contributed by atoms with Gasteiger partial charge in [0.25, 0.3) is 0 Å². The monoisotopic (exact) mass is 432 g/mol. The van der Waals surface area contributed by atoms with E-state index < -0.39 is 16.6 Å². The molecule has 1 fully saturated rings. The summed E-state index contributed by atoms with van der Waals surface area (Å²) in [6.07, 6.45) is 0.158. The molecule has 4 nitrogen and oxygen atoms in total. The van der Waals surface area contributed by atoms with Crippen molar-refractivity contribution in [2.45, 2.75) is 122 Å². The number of aliphatic hydroxyl groups excluding tert-OH is 1. The highest BCUT2D eigenvalue weighted by Gasteiger charge is 2.50. The van der Waals surface area contributed by atoms with E-state index in [1.807, 2.05) is 0 Å². The molecule has 0 saturated carbocycles. The second-order valence-corrected chi connectivity index (χ2v) is 21.4. The average Bonchev–Trinajstić information content (AvgIpc) is 3.22. The minimum Gasteiger partial charge on any atom is -0.413 e. The molecule has 1 heterocycles. The minimum atomic E-state index is -2.00. The zero-order valence-electron chi connectivity index (χ0n) is 20.6. The van der Waals surface area contributed by atoms with Crippen molar-refractivity contribution in [2.24, 2.45) is 5.92 Å². The molecule has 1 saturated heterocycles. The molecular formula is C22H48O4Si2. The van der Waals surface area contributed by atoms with Gasteiger partial charge in [0.05, 0.1) is 31.5 Å². The third-order valence-corrected chi connectivity index (χ3v) is 17.9. The van der Waals surface area contributed by atoms with Gasteiger partial charge in [-0.05, 0) is 41.7 Å². The molecule has 0 aliphatic carbocycles. The molecule has 1 rings (SSSR count). The lowest BCUT2D eigenvalue weighted by Crippen LogP contribution is -2.53. The van der Waals surface area contributed by atoms with Crippen LogP contribution < -0.4 is 0 Å². The van der Waals surface area contributed by atoms with E-state index in [0.717, 1.165) is 0 Å². The van der Waals surface area contributed by atoms with E-state index >= 15 is 0 Å². The van der Waals surface area contributed by atoms with Crippen molar-refractivity contribution >= 4 is 16.6 Å². The molecule has 0 bridgehead atoms. The molecule has 4 atom stereocenters. The fourth-order valence-electron chi connectivity index (χ4n) is 4.61. The molecular weight excluding hydrogens is 384 g/mol. The Hall–Kier alpha value is 0.274. The Morgan fingerprint density at radius 1 is 0.964 bits per heavy atom. The summed E-state index contributed by atoms with van der Waals surface area (Å²) < 4.78 is 19.5. The molecule has 168 valence electrons. The standard InChI is InChI=1S/C22H48O4Si2/c1-15(2)28(16(3)4,17(5)6)24-14-20(19(13-23)21-18(7)25-21)26-27(11,12)22(8,9)10/h15-21,23H,13-14H2,1-12H3/t18-,19-,20+,21+/m0/s1. The first-order valence-electron chi connectivity index (χ1n) is 11.2. The first-order valence-corrected chi connectivity index (χ1v) is 16.2. The highest BCUT2D eigenvalue weighted by Crippen LogP contribution is 2.44. The van der Waals surface area contributed by atoms with Crippen LogP contribution in [-0.4, -0.2) is 53.3 Å². The molecule has 1 aliphatic rings. The molecule has 0 spiro atoms. The summed E-state index contributed by atoms with van der Waals surface area (Å²) in [5, 5.41) is 10.3. The van der Waals surface area contributed by atoms with Crippen LogP contribution in [0.3, 0.4) is 0 Å². The number of hydrogen-bond acceptors (Lipinski definition) is 4. The Balaban J connectivity index is 3.14. The van der Waals surface area contributed by atoms with Gasteiger partial charge < -0.3 is 18.7 Å². The van der Waals surface area contributed by atoms with Gasteiger partial charge in [0.1, 0.15) is 0 Å². The topological polar surface area (TPSA) is 51.2 Å². The Kier molecular flexibility index (Phi) is 9.02. The van der Waals surface area contributed by atoms with Crippen molar-refractivity contribution < 1.29 is 18.7 Å². The highest BCUT2D eigenvalue weighted by molar-refractivity contribution is 6.77. The van der Waals surface area contributed by atoms with Crippen LogP contribution in [0, 0.1) is 5.92 Å². The minimum absolute atomic E-state index is 0.0256. The summed E-state index contributed by atoms with van der Waals surface area (Å²) in [6, 6.07) is 0. The second-order valence-electron chi connectivity index (χ2n) is 11.2. The molecule has 1 N–H and O–H groups in total. The van der Waals surface area contributed by atoms with Gasteiger partial charge in [-0.25, -0.2) is 0 Å². The highest BCUT2D eigenvalue weighted by atomic mass is 28.4. The zero-order valence-corrected chi connectivity index (χ0v) is 22.6. The molecule has 0 aromatic heterocycles. The third-order valence-electron chi connectivity index (χ3n) is 7.33. The van der Waals surface area contributed by atoms with Crippen LogP contribution in [0.4, 0.5) is 0 Å². The molecule has 0 amide bonds. The van der Waals surface area contributed by atoms with E-state index in [1.165, 1.54) is 0 Å². The zero-order chi connectivity index (χ0) is 22.1. The normalized spacial score (nSPS) is 23.6. The number of epoxide rings is 1. The summed E-state index contributed by atoms with van der Waals surface area (Å²) in [6.45, 7) is 27.9. The molecule has 6 heteroatoms. The number of aliphatic hydroxyl groups is 1. The van der Waals surface area contributed by atoms with E-state index in [9.17, 15) is 5.11 Å². The van der Waals surface area contributed by atoms with Crippen LogP contribution in [-0.2, 0) is 13.6 Å². The number of ether oxygens (including phenoxy) is 1. The van der Waals surface area contributed by atoms with Gasteiger partial charge in [0, 0.05) is 5.92 Å². The fraction of sp³-hybridized carbons (Fsp3) is 1.00. The number of rotatable bonds is 11. The van der Waals surface area contributed by atoms with Crippen LogP contribution in [0.25, 0.3) is 0 Å². The first kappa shape index (κ1) is 26.3. The van der Waals surface area contributed by atoms with Crippen molar-refractivity contribution in [1.82, 2.24) is 0 Å². The lowest BCUT2D eigenvalue weighted by atomic mass is 9.98. The van der Waals surface area contributed by atoms with Gasteiger partial charge in [-0.2, -0.15) is 0 Å². The molecule has 0 radical (unpaired) electrons. The van der Waals surface area contributed by atoms with Crippen LogP contribution in [0.1, 0.15) is 69.2 Å². The van der Waals surface area contributed by atoms with Crippen LogP contribution >= 0.6 is 0 Å². The maximum atomic E-state index is 10.2. The van der Waals surface area contributed by atoms with Gasteiger partial charge in [-0.3, -0.25) is 0 Å². The van der Waals surface area contributed by atoms with Crippen LogP contribution in [0.5, 0.6) is 0 Å². The van der Waals surface area contributed by atoms with Gasteiger partial charge in [-0.1, -0.05) is 62.3 Å². The van der Waals surface area contributed by atoms with E-state index in [4.69, 9.17) is 13.6 Å². The molecule has 1 aliphatic heterocycles. The SMILES string of the molecule is CC(C)[Si](OC[C@@H](O[Si](C)(C)C(C)(C)C)[C@H](CO)[C@@H]1O[C@H]1C)(C(C)C)C(C)C. The van der Waals surface area contributed by atoms with Gasteiger partial charge in [0.15, 0.2) is 16.6 Å². The maximum Gasteiger partial charge on any atom is 0.200 e. The van der Waals surface area contributed by atoms with Gasteiger partial charge in [0.2, 0.25) is 0 Å². The predicted octanol–water partition coefficient (Wildman–Crippen LogP) is 5.96. The van der Waals surface area contributed by atoms with E-state index in [1.54, 1.807) is 0 Å². The Bertz CT molecular complexity index is 464. The fourth-order valence-corrected chi connectivity index (χ4v) is 11.4. The summed E-state index contributed by atoms with van der Waals surface area (Å²) in [5.74, 6) is -0.0256. The summed E-state index contributed by atoms with van der Waals surface area (Å²) in [7, 11) is -3.98. The van der Waals surface area contributed by atoms with Crippen molar-refractivity contribution in [3.05, 3.63) is 0 Å². The number of hydrogen-bond donors (Lipinski definition) is 1. The average molecular weight is 433 g/mol. The van der Waals surface area contributed by atoms with Crippen molar-refractivity contribution in [3.8, 4) is 0 Å². The first-order chi connectivity index (χ1) is 12.6. The van der Waals surface area contributed by atoms with Crippen LogP contribution in [0.2, 0.25) is 34.8 Å². The molecule has 0 aromatic rings. The Morgan fingerprint density at radius 2 is 1.39 bits per heavy atom. The van der Waals surface area contributed by atoms with Crippen molar-refractivity contribution in [2.75, 3.05) is 13.2 Å². The molecule has 0 aromatic carbocycles. The lowest BCUT2D eigenvalue weighted by molar-refractivity contribution is 0.0212. The Labute approximate surface area is 177 Å². The summed E-state index contributed by atoms with van der Waals surface area (Å²) in [4.78, 5) is 0. The van der Waals surface area contributed by atoms with Crippen molar-refractivity contribution in [3.63, 3.8) is 0 Å².